The number of para-hydroxylation sites is 1. The van der Waals surface area contributed by atoms with Crippen LogP contribution >= 0.6 is 11.6 Å². The van der Waals surface area contributed by atoms with Gasteiger partial charge in [0.2, 0.25) is 5.28 Å². The molecule has 188 valence electrons. The van der Waals surface area contributed by atoms with Crippen molar-refractivity contribution in [1.29, 1.82) is 0 Å². The molecular formula is C35H21ClN4. The summed E-state index contributed by atoms with van der Waals surface area (Å²) in [6, 6.07) is 44.2. The largest absolute Gasteiger partial charge is 0.309 e. The molecule has 0 N–H and O–H groups in total. The summed E-state index contributed by atoms with van der Waals surface area (Å²) >= 11 is 6.51. The Morgan fingerprint density at radius 2 is 1.10 bits per heavy atom. The van der Waals surface area contributed by atoms with Crippen LogP contribution in [-0.4, -0.2) is 19.5 Å². The second kappa shape index (κ2) is 9.01. The molecule has 0 fully saturated rings. The summed E-state index contributed by atoms with van der Waals surface area (Å²) in [7, 11) is 0. The number of hydrogen-bond acceptors (Lipinski definition) is 3. The molecule has 8 rings (SSSR count). The van der Waals surface area contributed by atoms with E-state index in [1.165, 1.54) is 21.5 Å². The molecule has 6 aromatic carbocycles. The first-order valence-corrected chi connectivity index (χ1v) is 13.5. The third-order valence-corrected chi connectivity index (χ3v) is 7.75. The molecule has 0 aliphatic carbocycles. The molecule has 0 spiro atoms. The molecule has 0 unspecified atom stereocenters. The molecule has 0 saturated carbocycles. The van der Waals surface area contributed by atoms with Crippen molar-refractivity contribution in [2.45, 2.75) is 0 Å². The zero-order chi connectivity index (χ0) is 26.6. The van der Waals surface area contributed by atoms with E-state index in [4.69, 9.17) is 16.6 Å². The molecule has 0 atom stereocenters. The van der Waals surface area contributed by atoms with E-state index in [1.807, 2.05) is 24.3 Å². The lowest BCUT2D eigenvalue weighted by molar-refractivity contribution is 1.07. The summed E-state index contributed by atoms with van der Waals surface area (Å²) in [4.78, 5) is 14.0. The number of halogens is 1. The maximum Gasteiger partial charge on any atom is 0.226 e. The van der Waals surface area contributed by atoms with Gasteiger partial charge in [-0.05, 0) is 46.0 Å². The van der Waals surface area contributed by atoms with Crippen molar-refractivity contribution < 1.29 is 0 Å². The zero-order valence-electron chi connectivity index (χ0n) is 21.3. The lowest BCUT2D eigenvalue weighted by Gasteiger charge is -2.12. The van der Waals surface area contributed by atoms with Gasteiger partial charge in [0.05, 0.1) is 16.7 Å². The van der Waals surface area contributed by atoms with Crippen LogP contribution in [0.2, 0.25) is 5.28 Å². The van der Waals surface area contributed by atoms with Crippen LogP contribution in [0.3, 0.4) is 0 Å². The summed E-state index contributed by atoms with van der Waals surface area (Å²) in [6.45, 7) is 0. The van der Waals surface area contributed by atoms with E-state index >= 15 is 0 Å². The fourth-order valence-electron chi connectivity index (χ4n) is 5.79. The van der Waals surface area contributed by atoms with Gasteiger partial charge in [-0.1, -0.05) is 109 Å². The lowest BCUT2D eigenvalue weighted by Crippen LogP contribution is -1.99. The molecule has 0 amide bonds. The van der Waals surface area contributed by atoms with Crippen LogP contribution in [0.4, 0.5) is 0 Å². The maximum atomic E-state index is 6.51. The summed E-state index contributed by atoms with van der Waals surface area (Å²) < 4.78 is 2.34. The van der Waals surface area contributed by atoms with Gasteiger partial charge in [0.1, 0.15) is 0 Å². The molecule has 5 heteroatoms. The average molecular weight is 533 g/mol. The van der Waals surface area contributed by atoms with Gasteiger partial charge >= 0.3 is 0 Å². The standard InChI is InChI=1S/C35H21ClN4/c36-35-38-33(37-34(39-35)29-16-7-11-22-9-1-3-13-25(22)29)24-19-20-28-27-15-5-6-17-31(27)40(32(28)21-24)30-18-8-12-23-10-2-4-14-26(23)30/h1-21H. The summed E-state index contributed by atoms with van der Waals surface area (Å²) in [6.07, 6.45) is 0. The molecule has 2 heterocycles. The van der Waals surface area contributed by atoms with Crippen molar-refractivity contribution in [2.75, 3.05) is 0 Å². The van der Waals surface area contributed by atoms with Gasteiger partial charge in [-0.15, -0.1) is 0 Å². The Morgan fingerprint density at radius 3 is 1.95 bits per heavy atom. The number of hydrogen-bond donors (Lipinski definition) is 0. The van der Waals surface area contributed by atoms with E-state index in [2.05, 4.69) is 118 Å². The summed E-state index contributed by atoms with van der Waals surface area (Å²) in [5, 5.41) is 7.13. The minimum atomic E-state index is 0.169. The van der Waals surface area contributed by atoms with Crippen LogP contribution in [0.25, 0.3) is 71.8 Å². The van der Waals surface area contributed by atoms with E-state index in [9.17, 15) is 0 Å². The third kappa shape index (κ3) is 3.58. The number of nitrogens with zero attached hydrogens (tertiary/aromatic N) is 4. The predicted octanol–water partition coefficient (Wildman–Crippen LogP) is 9.26. The Kier molecular flexibility index (Phi) is 5.15. The monoisotopic (exact) mass is 532 g/mol. The first kappa shape index (κ1) is 22.9. The molecule has 0 aliphatic rings. The Labute approximate surface area is 235 Å². The smallest absolute Gasteiger partial charge is 0.226 e. The minimum absolute atomic E-state index is 0.169. The maximum absolute atomic E-state index is 6.51. The Bertz CT molecular complexity index is 2240. The van der Waals surface area contributed by atoms with Crippen LogP contribution in [0.15, 0.2) is 127 Å². The predicted molar refractivity (Wildman–Crippen MR) is 165 cm³/mol. The van der Waals surface area contributed by atoms with Gasteiger partial charge in [-0.3, -0.25) is 0 Å². The highest BCUT2D eigenvalue weighted by atomic mass is 35.5. The summed E-state index contributed by atoms with van der Waals surface area (Å²) in [5.41, 5.74) is 5.16. The Hall–Kier alpha value is -5.06. The van der Waals surface area contributed by atoms with E-state index in [1.54, 1.807) is 0 Å². The van der Waals surface area contributed by atoms with Gasteiger partial charge in [0, 0.05) is 27.3 Å². The van der Waals surface area contributed by atoms with E-state index in [0.29, 0.717) is 11.6 Å². The highest BCUT2D eigenvalue weighted by molar-refractivity contribution is 6.28. The number of fused-ring (bicyclic) bond motifs is 5. The topological polar surface area (TPSA) is 43.6 Å². The highest BCUT2D eigenvalue weighted by Gasteiger charge is 2.17. The van der Waals surface area contributed by atoms with Crippen molar-refractivity contribution in [3.8, 4) is 28.5 Å². The van der Waals surface area contributed by atoms with Crippen LogP contribution in [0.5, 0.6) is 0 Å². The molecule has 0 radical (unpaired) electrons. The quantitative estimate of drug-likeness (QED) is 0.228. The van der Waals surface area contributed by atoms with Crippen molar-refractivity contribution in [3.63, 3.8) is 0 Å². The average Bonchev–Trinajstić information content (AvgIpc) is 3.33. The molecule has 40 heavy (non-hydrogen) atoms. The van der Waals surface area contributed by atoms with E-state index in [0.717, 1.165) is 38.6 Å². The normalized spacial score (nSPS) is 11.6. The van der Waals surface area contributed by atoms with Crippen LogP contribution < -0.4 is 0 Å². The van der Waals surface area contributed by atoms with Gasteiger partial charge in [0.25, 0.3) is 0 Å². The number of rotatable bonds is 3. The molecule has 8 aromatic rings. The SMILES string of the molecule is Clc1nc(-c2ccc3c4ccccc4n(-c4cccc5ccccc45)c3c2)nc(-c2cccc3ccccc23)n1. The Balaban J connectivity index is 1.38. The highest BCUT2D eigenvalue weighted by Crippen LogP contribution is 2.37. The summed E-state index contributed by atoms with van der Waals surface area (Å²) in [5.74, 6) is 1.10. The second-order valence-electron chi connectivity index (χ2n) is 9.86. The van der Waals surface area contributed by atoms with Crippen LogP contribution in [-0.2, 0) is 0 Å². The molecular weight excluding hydrogens is 512 g/mol. The minimum Gasteiger partial charge on any atom is -0.309 e. The third-order valence-electron chi connectivity index (χ3n) is 7.58. The molecule has 4 nitrogen and oxygen atoms in total. The van der Waals surface area contributed by atoms with E-state index in [-0.39, 0.29) is 5.28 Å². The second-order valence-corrected chi connectivity index (χ2v) is 10.2. The first-order chi connectivity index (χ1) is 19.7. The number of benzene rings is 6. The van der Waals surface area contributed by atoms with Crippen LogP contribution in [0, 0.1) is 0 Å². The van der Waals surface area contributed by atoms with Crippen LogP contribution in [0.1, 0.15) is 0 Å². The van der Waals surface area contributed by atoms with Crippen molar-refractivity contribution in [3.05, 3.63) is 133 Å². The van der Waals surface area contributed by atoms with Crippen molar-refractivity contribution in [2.24, 2.45) is 0 Å². The molecule has 0 aliphatic heterocycles. The van der Waals surface area contributed by atoms with Crippen molar-refractivity contribution >= 4 is 55.0 Å². The van der Waals surface area contributed by atoms with Crippen molar-refractivity contribution in [1.82, 2.24) is 19.5 Å². The first-order valence-electron chi connectivity index (χ1n) is 13.2. The van der Waals surface area contributed by atoms with Gasteiger partial charge in [0.15, 0.2) is 11.6 Å². The zero-order valence-corrected chi connectivity index (χ0v) is 22.0. The molecule has 2 aromatic heterocycles. The molecule has 0 bridgehead atoms. The molecule has 0 saturated heterocycles. The van der Waals surface area contributed by atoms with Gasteiger partial charge in [-0.25, -0.2) is 4.98 Å². The number of aromatic nitrogens is 4. The Morgan fingerprint density at radius 1 is 0.475 bits per heavy atom. The fourth-order valence-corrected chi connectivity index (χ4v) is 5.95. The van der Waals surface area contributed by atoms with Gasteiger partial charge in [-0.2, -0.15) is 9.97 Å². The lowest BCUT2D eigenvalue weighted by atomic mass is 10.0. The van der Waals surface area contributed by atoms with E-state index < -0.39 is 0 Å². The van der Waals surface area contributed by atoms with Gasteiger partial charge < -0.3 is 4.57 Å². The fraction of sp³-hybridized carbons (Fsp3) is 0.